The molecule has 2 aliphatic heterocycles. The Bertz CT molecular complexity index is 561. The van der Waals surface area contributed by atoms with Crippen LogP contribution >= 0.6 is 0 Å². The summed E-state index contributed by atoms with van der Waals surface area (Å²) in [6.07, 6.45) is 5.59. The van der Waals surface area contributed by atoms with Crippen LogP contribution in [-0.2, 0) is 17.7 Å². The van der Waals surface area contributed by atoms with Gasteiger partial charge in [-0.25, -0.2) is 9.78 Å². The lowest BCUT2D eigenvalue weighted by Gasteiger charge is -2.30. The molecule has 1 amide bonds. The van der Waals surface area contributed by atoms with Gasteiger partial charge in [-0.1, -0.05) is 0 Å². The van der Waals surface area contributed by atoms with Crippen molar-refractivity contribution in [1.29, 1.82) is 0 Å². The zero-order chi connectivity index (χ0) is 15.9. The minimum Gasteiger partial charge on any atom is -0.444 e. The van der Waals surface area contributed by atoms with Crippen molar-refractivity contribution in [3.8, 4) is 0 Å². The summed E-state index contributed by atoms with van der Waals surface area (Å²) in [5, 5.41) is 0. The van der Waals surface area contributed by atoms with E-state index in [4.69, 9.17) is 10.5 Å². The lowest BCUT2D eigenvalue weighted by atomic mass is 10.1. The first-order chi connectivity index (χ1) is 10.3. The number of nitrogens with two attached hydrogens (primary N) is 1. The van der Waals surface area contributed by atoms with E-state index in [0.717, 1.165) is 44.6 Å². The molecule has 2 aliphatic rings. The third-order valence-electron chi connectivity index (χ3n) is 4.34. The van der Waals surface area contributed by atoms with Crippen LogP contribution in [0.3, 0.4) is 0 Å². The van der Waals surface area contributed by atoms with E-state index in [0.29, 0.717) is 0 Å². The van der Waals surface area contributed by atoms with Gasteiger partial charge in [0.25, 0.3) is 0 Å². The van der Waals surface area contributed by atoms with Crippen LogP contribution in [0, 0.1) is 0 Å². The van der Waals surface area contributed by atoms with Crippen molar-refractivity contribution in [1.82, 2.24) is 14.5 Å². The predicted molar refractivity (Wildman–Crippen MR) is 83.4 cm³/mol. The van der Waals surface area contributed by atoms with E-state index >= 15 is 0 Å². The van der Waals surface area contributed by atoms with Gasteiger partial charge in [0.05, 0.1) is 6.04 Å². The van der Waals surface area contributed by atoms with Crippen LogP contribution in [0.15, 0.2) is 6.20 Å². The van der Waals surface area contributed by atoms with Gasteiger partial charge >= 0.3 is 6.09 Å². The fourth-order valence-corrected chi connectivity index (χ4v) is 3.34. The number of nitrogens with zero attached hydrogens (tertiary/aromatic N) is 3. The number of carbonyl (C=O) groups is 1. The fraction of sp³-hybridized carbons (Fsp3) is 0.750. The fourth-order valence-electron chi connectivity index (χ4n) is 3.34. The van der Waals surface area contributed by atoms with E-state index in [1.807, 2.05) is 31.9 Å². The van der Waals surface area contributed by atoms with Gasteiger partial charge in [0.1, 0.15) is 11.4 Å². The van der Waals surface area contributed by atoms with E-state index < -0.39 is 5.60 Å². The van der Waals surface area contributed by atoms with E-state index in [-0.39, 0.29) is 18.2 Å². The van der Waals surface area contributed by atoms with Crippen molar-refractivity contribution in [2.75, 3.05) is 6.54 Å². The summed E-state index contributed by atoms with van der Waals surface area (Å²) < 4.78 is 7.75. The second-order valence-corrected chi connectivity index (χ2v) is 7.35. The summed E-state index contributed by atoms with van der Waals surface area (Å²) in [6.45, 7) is 7.21. The molecule has 2 unspecified atom stereocenters. The van der Waals surface area contributed by atoms with Crippen LogP contribution < -0.4 is 5.73 Å². The molecule has 0 bridgehead atoms. The first-order valence-electron chi connectivity index (χ1n) is 8.14. The highest BCUT2D eigenvalue weighted by molar-refractivity contribution is 5.69. The van der Waals surface area contributed by atoms with Crippen molar-refractivity contribution in [3.05, 3.63) is 17.7 Å². The maximum atomic E-state index is 12.4. The standard InChI is InChI=1S/C16H26N4O2/c1-16(2,3)22-15(21)19-8-4-5-13(19)14-18-9-12-7-6-11(17)10-20(12)14/h9,11,13H,4-8,10,17H2,1-3H3. The lowest BCUT2D eigenvalue weighted by molar-refractivity contribution is 0.0215. The second-order valence-electron chi connectivity index (χ2n) is 7.35. The molecule has 2 atom stereocenters. The van der Waals surface area contributed by atoms with Gasteiger partial charge < -0.3 is 15.0 Å². The topological polar surface area (TPSA) is 73.4 Å². The molecule has 0 radical (unpaired) electrons. The number of amides is 1. The van der Waals surface area contributed by atoms with Crippen molar-refractivity contribution in [2.24, 2.45) is 5.73 Å². The molecule has 122 valence electrons. The molecule has 0 saturated carbocycles. The molecular weight excluding hydrogens is 280 g/mol. The Morgan fingerprint density at radius 3 is 2.91 bits per heavy atom. The highest BCUT2D eigenvalue weighted by Gasteiger charge is 2.36. The molecular formula is C16H26N4O2. The Morgan fingerprint density at radius 1 is 1.41 bits per heavy atom. The molecule has 2 N–H and O–H groups in total. The summed E-state index contributed by atoms with van der Waals surface area (Å²) in [7, 11) is 0. The van der Waals surface area contributed by atoms with E-state index in [1.54, 1.807) is 0 Å². The Hall–Kier alpha value is -1.56. The minimum atomic E-state index is -0.474. The number of ether oxygens (including phenoxy) is 1. The Balaban J connectivity index is 1.82. The molecule has 1 aromatic rings. The first-order valence-corrected chi connectivity index (χ1v) is 8.14. The van der Waals surface area contributed by atoms with E-state index in [9.17, 15) is 4.79 Å². The predicted octanol–water partition coefficient (Wildman–Crippen LogP) is 2.23. The molecule has 0 aromatic carbocycles. The van der Waals surface area contributed by atoms with Crippen LogP contribution in [0.1, 0.15) is 57.6 Å². The lowest BCUT2D eigenvalue weighted by Crippen LogP contribution is -2.38. The highest BCUT2D eigenvalue weighted by Crippen LogP contribution is 2.34. The number of imidazole rings is 1. The van der Waals surface area contributed by atoms with Gasteiger partial charge in [0, 0.05) is 31.0 Å². The molecule has 0 spiro atoms. The maximum absolute atomic E-state index is 12.4. The number of fused-ring (bicyclic) bond motifs is 1. The molecule has 0 aliphatic carbocycles. The number of likely N-dealkylation sites (tertiary alicyclic amines) is 1. The molecule has 1 fully saturated rings. The van der Waals surface area contributed by atoms with Crippen LogP contribution in [0.4, 0.5) is 4.79 Å². The number of aromatic nitrogens is 2. The summed E-state index contributed by atoms with van der Waals surface area (Å²) in [5.41, 5.74) is 6.86. The van der Waals surface area contributed by atoms with Crippen LogP contribution in [0.2, 0.25) is 0 Å². The number of hydrogen-bond acceptors (Lipinski definition) is 4. The van der Waals surface area contributed by atoms with Gasteiger partial charge in [-0.2, -0.15) is 0 Å². The van der Waals surface area contributed by atoms with E-state index in [1.165, 1.54) is 5.69 Å². The summed E-state index contributed by atoms with van der Waals surface area (Å²) in [6, 6.07) is 0.186. The summed E-state index contributed by atoms with van der Waals surface area (Å²) in [4.78, 5) is 18.9. The molecule has 1 aromatic heterocycles. The zero-order valence-electron chi connectivity index (χ0n) is 13.7. The van der Waals surface area contributed by atoms with Gasteiger partial charge in [0.15, 0.2) is 0 Å². The van der Waals surface area contributed by atoms with Gasteiger partial charge in [-0.3, -0.25) is 4.90 Å². The quantitative estimate of drug-likeness (QED) is 0.863. The van der Waals surface area contributed by atoms with Gasteiger partial charge in [-0.15, -0.1) is 0 Å². The SMILES string of the molecule is CC(C)(C)OC(=O)N1CCCC1c1ncc2n1CC(N)CC2. The summed E-state index contributed by atoms with van der Waals surface area (Å²) >= 11 is 0. The third-order valence-corrected chi connectivity index (χ3v) is 4.34. The molecule has 3 heterocycles. The van der Waals surface area contributed by atoms with Crippen molar-refractivity contribution < 1.29 is 9.53 Å². The largest absolute Gasteiger partial charge is 0.444 e. The molecule has 1 saturated heterocycles. The smallest absolute Gasteiger partial charge is 0.410 e. The van der Waals surface area contributed by atoms with Crippen LogP contribution in [0.5, 0.6) is 0 Å². The molecule has 6 nitrogen and oxygen atoms in total. The maximum Gasteiger partial charge on any atom is 0.410 e. The zero-order valence-corrected chi connectivity index (χ0v) is 13.7. The van der Waals surface area contributed by atoms with E-state index in [2.05, 4.69) is 9.55 Å². The van der Waals surface area contributed by atoms with Crippen LogP contribution in [0.25, 0.3) is 0 Å². The minimum absolute atomic E-state index is 0.00824. The number of aryl methyl sites for hydroxylation is 1. The first kappa shape index (κ1) is 15.3. The van der Waals surface area contributed by atoms with Gasteiger partial charge in [-0.05, 0) is 46.5 Å². The number of hydrogen-bond donors (Lipinski definition) is 1. The average molecular weight is 306 g/mol. The normalized spacial score (nSPS) is 25.2. The monoisotopic (exact) mass is 306 g/mol. The number of carbonyl (C=O) groups excluding carboxylic acids is 1. The number of rotatable bonds is 1. The van der Waals surface area contributed by atoms with Crippen LogP contribution in [-0.4, -0.2) is 38.7 Å². The van der Waals surface area contributed by atoms with Gasteiger partial charge in [0.2, 0.25) is 0 Å². The second kappa shape index (κ2) is 5.57. The Labute approximate surface area is 131 Å². The summed E-state index contributed by atoms with van der Waals surface area (Å²) in [5.74, 6) is 0.966. The Kier molecular flexibility index (Phi) is 3.89. The highest BCUT2D eigenvalue weighted by atomic mass is 16.6. The molecule has 22 heavy (non-hydrogen) atoms. The Morgan fingerprint density at radius 2 is 2.18 bits per heavy atom. The molecule has 6 heteroatoms. The molecule has 3 rings (SSSR count). The van der Waals surface area contributed by atoms with Crippen molar-refractivity contribution in [2.45, 2.75) is 70.7 Å². The average Bonchev–Trinajstić information content (AvgIpc) is 3.01. The van der Waals surface area contributed by atoms with Crippen molar-refractivity contribution >= 4 is 6.09 Å². The third kappa shape index (κ3) is 2.97. The van der Waals surface area contributed by atoms with Crippen molar-refractivity contribution in [3.63, 3.8) is 0 Å².